The molecule has 0 fully saturated rings. The monoisotopic (exact) mass is 819 g/mol. The van der Waals surface area contributed by atoms with Gasteiger partial charge in [0.25, 0.3) is 0 Å². The van der Waals surface area contributed by atoms with Crippen LogP contribution in [0.25, 0.3) is 0 Å². The largest absolute Gasteiger partial charge is 0.377 e. The number of rotatable bonds is 41. The summed E-state index contributed by atoms with van der Waals surface area (Å²) in [4.78, 5) is 58.5. The molecule has 4 amide bonds. The number of nitrogens with zero attached hydrogens (tertiary/aromatic N) is 1. The van der Waals surface area contributed by atoms with Crippen LogP contribution >= 0.6 is 11.9 Å². The molecule has 0 radical (unpaired) electrons. The molecule has 0 aromatic carbocycles. The zero-order valence-electron chi connectivity index (χ0n) is 34.1. The molecule has 0 aliphatic rings. The smallest absolute Gasteiger partial charge is 0.246 e. The van der Waals surface area contributed by atoms with Crippen molar-refractivity contribution in [2.45, 2.75) is 135 Å². The van der Waals surface area contributed by atoms with Crippen molar-refractivity contribution in [2.75, 3.05) is 71.7 Å². The number of unbranched alkanes of at least 4 members (excludes halogenated alkanes) is 12. The summed E-state index contributed by atoms with van der Waals surface area (Å²) in [5.74, 6) is 11.2. The number of nitrogens with two attached hydrogens (primary N) is 2. The lowest BCUT2D eigenvalue weighted by Gasteiger charge is -2.12. The molecule has 0 rings (SSSR count). The van der Waals surface area contributed by atoms with Crippen molar-refractivity contribution in [3.05, 3.63) is 0 Å². The number of nitrogens with one attached hydrogen (secondary N) is 5. The lowest BCUT2D eigenvalue weighted by molar-refractivity contribution is -0.129. The Morgan fingerprint density at radius 3 is 1.62 bits per heavy atom. The van der Waals surface area contributed by atoms with Crippen molar-refractivity contribution < 1.29 is 42.9 Å². The van der Waals surface area contributed by atoms with Gasteiger partial charge in [0.2, 0.25) is 23.6 Å². The van der Waals surface area contributed by atoms with Crippen LogP contribution in [0.1, 0.15) is 129 Å². The van der Waals surface area contributed by atoms with Crippen LogP contribution in [-0.2, 0) is 42.9 Å². The highest BCUT2D eigenvalue weighted by atomic mass is 32.2. The molecule has 1 atom stereocenters. The second kappa shape index (κ2) is 41.6. The molecule has 56 heavy (non-hydrogen) atoms. The molecule has 0 unspecified atom stereocenters. The van der Waals surface area contributed by atoms with Crippen LogP contribution in [0, 0.1) is 0 Å². The third-order valence-corrected chi connectivity index (χ3v) is 9.30. The SMILES string of the molecule is CCC[C@@H](C=O)NC(=O)COCCOCCNC(=O)COCCOCCNC(=O)CCCSNC(=O)CCCCCCCCCCCCCCC/C(=N/N)NN. The predicted molar refractivity (Wildman–Crippen MR) is 220 cm³/mol. The summed E-state index contributed by atoms with van der Waals surface area (Å²) in [5.41, 5.74) is 2.51. The van der Waals surface area contributed by atoms with E-state index >= 15 is 0 Å². The minimum Gasteiger partial charge on any atom is -0.377 e. The maximum Gasteiger partial charge on any atom is 0.246 e. The third-order valence-electron chi connectivity index (χ3n) is 8.43. The number of hydrogen-bond donors (Lipinski definition) is 7. The number of amidine groups is 1. The first-order chi connectivity index (χ1) is 27.4. The van der Waals surface area contributed by atoms with Gasteiger partial charge in [-0.05, 0) is 25.7 Å². The maximum atomic E-state index is 12.1. The Bertz CT molecular complexity index is 1030. The van der Waals surface area contributed by atoms with Crippen LogP contribution in [0.3, 0.4) is 0 Å². The minimum absolute atomic E-state index is 0.0489. The molecule has 0 aliphatic carbocycles. The molecule has 0 bridgehead atoms. The van der Waals surface area contributed by atoms with Crippen LogP contribution in [0.15, 0.2) is 5.10 Å². The number of amides is 4. The van der Waals surface area contributed by atoms with Crippen LogP contribution in [-0.4, -0.2) is 113 Å². The topological polar surface area (TPSA) is 247 Å². The molecule has 9 N–H and O–H groups in total. The van der Waals surface area contributed by atoms with E-state index in [1.165, 1.54) is 76.2 Å². The first-order valence-corrected chi connectivity index (χ1v) is 21.6. The van der Waals surface area contributed by atoms with E-state index < -0.39 is 6.04 Å². The number of hydrazine groups is 1. The van der Waals surface area contributed by atoms with Gasteiger partial charge in [-0.15, -0.1) is 0 Å². The first-order valence-electron chi connectivity index (χ1n) is 20.6. The van der Waals surface area contributed by atoms with E-state index in [0.717, 1.165) is 32.1 Å². The Labute approximate surface area is 339 Å². The van der Waals surface area contributed by atoms with Gasteiger partial charge in [-0.3, -0.25) is 19.2 Å². The lowest BCUT2D eigenvalue weighted by atomic mass is 10.0. The van der Waals surface area contributed by atoms with Crippen molar-refractivity contribution in [3.63, 3.8) is 0 Å². The van der Waals surface area contributed by atoms with Gasteiger partial charge < -0.3 is 55.7 Å². The van der Waals surface area contributed by atoms with Gasteiger partial charge >= 0.3 is 0 Å². The summed E-state index contributed by atoms with van der Waals surface area (Å²) in [5, 5.41) is 11.7. The first kappa shape index (κ1) is 53.0. The second-order valence-corrected chi connectivity index (χ2v) is 14.3. The van der Waals surface area contributed by atoms with Crippen LogP contribution in [0.2, 0.25) is 0 Å². The zero-order chi connectivity index (χ0) is 41.2. The fraction of sp³-hybridized carbons (Fsp3) is 0.842. The molecule has 17 nitrogen and oxygen atoms in total. The molecular weight excluding hydrogens is 745 g/mol. The Morgan fingerprint density at radius 2 is 1.11 bits per heavy atom. The van der Waals surface area contributed by atoms with Gasteiger partial charge in [0.05, 0.1) is 45.7 Å². The maximum absolute atomic E-state index is 12.1. The summed E-state index contributed by atoms with van der Waals surface area (Å²) in [6, 6.07) is -0.491. The van der Waals surface area contributed by atoms with Crippen LogP contribution in [0.5, 0.6) is 0 Å². The van der Waals surface area contributed by atoms with E-state index in [2.05, 4.69) is 31.2 Å². The number of carbonyl (C=O) groups is 5. The normalized spacial score (nSPS) is 11.9. The Morgan fingerprint density at radius 1 is 0.625 bits per heavy atom. The van der Waals surface area contributed by atoms with Crippen LogP contribution < -0.4 is 37.8 Å². The van der Waals surface area contributed by atoms with Crippen molar-refractivity contribution in [3.8, 4) is 0 Å². The van der Waals surface area contributed by atoms with Gasteiger partial charge in [-0.25, -0.2) is 5.84 Å². The Balaban J connectivity index is 3.41. The third kappa shape index (κ3) is 37.9. The summed E-state index contributed by atoms with van der Waals surface area (Å²) in [7, 11) is 0. The van der Waals surface area contributed by atoms with Gasteiger partial charge in [0, 0.05) is 38.1 Å². The van der Waals surface area contributed by atoms with E-state index in [1.54, 1.807) is 0 Å². The minimum atomic E-state index is -0.491. The highest BCUT2D eigenvalue weighted by Gasteiger charge is 2.10. The molecule has 326 valence electrons. The van der Waals surface area contributed by atoms with Gasteiger partial charge in [0.15, 0.2) is 0 Å². The molecule has 0 saturated carbocycles. The van der Waals surface area contributed by atoms with Crippen molar-refractivity contribution >= 4 is 47.7 Å². The fourth-order valence-corrected chi connectivity index (χ4v) is 6.01. The number of aldehydes is 1. The fourth-order valence-electron chi connectivity index (χ4n) is 5.35. The molecular formula is C38H74N8O9S. The van der Waals surface area contributed by atoms with Crippen molar-refractivity contribution in [1.82, 2.24) is 26.1 Å². The van der Waals surface area contributed by atoms with E-state index in [-0.39, 0.29) is 63.3 Å². The average Bonchev–Trinajstić information content (AvgIpc) is 3.19. The molecule has 0 heterocycles. The Kier molecular flexibility index (Phi) is 39.3. The highest BCUT2D eigenvalue weighted by molar-refractivity contribution is 7.97. The zero-order valence-corrected chi connectivity index (χ0v) is 34.9. The molecule has 18 heteroatoms. The van der Waals surface area contributed by atoms with Crippen LogP contribution in [0.4, 0.5) is 0 Å². The van der Waals surface area contributed by atoms with E-state index in [4.69, 9.17) is 30.6 Å². The number of ether oxygens (including phenoxy) is 4. The Hall–Kier alpha value is -3.03. The van der Waals surface area contributed by atoms with E-state index in [9.17, 15) is 24.0 Å². The van der Waals surface area contributed by atoms with Crippen molar-refractivity contribution in [2.24, 2.45) is 16.8 Å². The number of hydrogen-bond acceptors (Lipinski definition) is 13. The van der Waals surface area contributed by atoms with E-state index in [1.807, 2.05) is 6.92 Å². The standard InChI is InChI=1S/C38H74N8O9S/c1-2-17-33(30-47)43-38(51)32-55-28-26-53-24-22-42-37(50)31-54-27-25-52-23-21-41-35(48)20-16-29-56-46-36(49)19-15-13-11-9-7-5-3-4-6-8-10-12-14-18-34(44-39)45-40/h30,33H,2-29,31-32,39-40H2,1H3,(H,41,48)(H,42,50)(H,43,51)(H,44,45)(H,46,49)/t33-/m0/s1. The summed E-state index contributed by atoms with van der Waals surface area (Å²) in [6.07, 6.45) is 20.1. The molecule has 0 spiro atoms. The van der Waals surface area contributed by atoms with Gasteiger partial charge in [-0.1, -0.05) is 95.9 Å². The lowest BCUT2D eigenvalue weighted by Crippen LogP contribution is -2.38. The highest BCUT2D eigenvalue weighted by Crippen LogP contribution is 2.14. The average molecular weight is 819 g/mol. The van der Waals surface area contributed by atoms with Crippen molar-refractivity contribution in [1.29, 1.82) is 0 Å². The van der Waals surface area contributed by atoms with Gasteiger partial charge in [0.1, 0.15) is 25.3 Å². The summed E-state index contributed by atoms with van der Waals surface area (Å²) in [6.45, 7) is 3.97. The molecule has 0 aromatic rings. The molecule has 0 aliphatic heterocycles. The quantitative estimate of drug-likeness (QED) is 0.00894. The predicted octanol–water partition coefficient (Wildman–Crippen LogP) is 2.90. The summed E-state index contributed by atoms with van der Waals surface area (Å²) >= 11 is 1.35. The van der Waals surface area contributed by atoms with E-state index in [0.29, 0.717) is 69.9 Å². The number of hydrazone groups is 1. The number of carbonyl (C=O) groups excluding carboxylic acids is 5. The molecule has 0 saturated heterocycles. The molecule has 0 aromatic heterocycles. The van der Waals surface area contributed by atoms with Gasteiger partial charge in [-0.2, -0.15) is 5.10 Å². The summed E-state index contributed by atoms with van der Waals surface area (Å²) < 4.78 is 24.2. The second-order valence-electron chi connectivity index (χ2n) is 13.4.